The van der Waals surface area contributed by atoms with Gasteiger partial charge in [-0.2, -0.15) is 0 Å². The second-order valence-electron chi connectivity index (χ2n) is 4.50. The third-order valence-electron chi connectivity index (χ3n) is 2.96. The highest BCUT2D eigenvalue weighted by Crippen LogP contribution is 2.20. The standard InChI is InChI=1S/C15H14FN3O/c1-10-7-12(15(17)19-20)9-18-14(10)6-5-11-3-2-4-13(16)8-11/h2-4,8-9,12,20H,7H2,1H3,(H2,17,19). The van der Waals surface area contributed by atoms with Crippen molar-refractivity contribution in [1.82, 2.24) is 0 Å². The van der Waals surface area contributed by atoms with Gasteiger partial charge in [-0.1, -0.05) is 17.1 Å². The zero-order chi connectivity index (χ0) is 14.5. The van der Waals surface area contributed by atoms with Crippen LogP contribution in [0.5, 0.6) is 0 Å². The zero-order valence-electron chi connectivity index (χ0n) is 11.0. The number of aliphatic imine (C=N–C) groups is 1. The normalized spacial score (nSPS) is 18.7. The fourth-order valence-corrected chi connectivity index (χ4v) is 1.85. The molecule has 0 saturated heterocycles. The van der Waals surface area contributed by atoms with Crippen molar-refractivity contribution in [3.05, 3.63) is 46.9 Å². The Hall–Kier alpha value is -2.61. The molecule has 102 valence electrons. The van der Waals surface area contributed by atoms with Crippen LogP contribution in [-0.4, -0.2) is 17.3 Å². The molecule has 1 atom stereocenters. The third-order valence-corrected chi connectivity index (χ3v) is 2.96. The average molecular weight is 271 g/mol. The molecule has 1 heterocycles. The van der Waals surface area contributed by atoms with Crippen molar-refractivity contribution in [1.29, 1.82) is 0 Å². The summed E-state index contributed by atoms with van der Waals surface area (Å²) in [4.78, 5) is 4.21. The molecule has 0 saturated carbocycles. The van der Waals surface area contributed by atoms with E-state index in [9.17, 15) is 4.39 Å². The van der Waals surface area contributed by atoms with E-state index >= 15 is 0 Å². The number of nitrogens with two attached hydrogens (primary N) is 1. The summed E-state index contributed by atoms with van der Waals surface area (Å²) in [6.45, 7) is 1.89. The van der Waals surface area contributed by atoms with Gasteiger partial charge in [-0.3, -0.25) is 4.99 Å². The highest BCUT2D eigenvalue weighted by Gasteiger charge is 2.17. The number of nitrogens with zero attached hydrogens (tertiary/aromatic N) is 2. The molecule has 0 bridgehead atoms. The molecule has 2 rings (SSSR count). The molecule has 0 fully saturated rings. The molecule has 5 heteroatoms. The average Bonchev–Trinajstić information content (AvgIpc) is 2.45. The van der Waals surface area contributed by atoms with Gasteiger partial charge in [0.1, 0.15) is 17.3 Å². The van der Waals surface area contributed by atoms with E-state index in [1.165, 1.54) is 12.1 Å². The predicted octanol–water partition coefficient (Wildman–Crippen LogP) is 2.29. The fraction of sp³-hybridized carbons (Fsp3) is 0.200. The predicted molar refractivity (Wildman–Crippen MR) is 76.0 cm³/mol. The molecular formula is C15H14FN3O. The first-order chi connectivity index (χ1) is 9.60. The van der Waals surface area contributed by atoms with Gasteiger partial charge in [0.15, 0.2) is 0 Å². The van der Waals surface area contributed by atoms with Crippen molar-refractivity contribution in [3.63, 3.8) is 0 Å². The Balaban J connectivity index is 2.18. The minimum atomic E-state index is -0.318. The zero-order valence-corrected chi connectivity index (χ0v) is 11.0. The molecule has 0 spiro atoms. The summed E-state index contributed by atoms with van der Waals surface area (Å²) in [7, 11) is 0. The summed E-state index contributed by atoms with van der Waals surface area (Å²) in [5, 5.41) is 11.6. The van der Waals surface area contributed by atoms with Crippen molar-refractivity contribution < 1.29 is 9.60 Å². The topological polar surface area (TPSA) is 71.0 Å². The smallest absolute Gasteiger partial charge is 0.147 e. The SMILES string of the molecule is CC1=C(C#Cc2cccc(F)c2)N=CC(C(N)=NO)C1. The maximum Gasteiger partial charge on any atom is 0.147 e. The first-order valence-corrected chi connectivity index (χ1v) is 6.09. The largest absolute Gasteiger partial charge is 0.409 e. The molecule has 20 heavy (non-hydrogen) atoms. The molecule has 3 N–H and O–H groups in total. The molecule has 1 aromatic carbocycles. The van der Waals surface area contributed by atoms with E-state index in [1.54, 1.807) is 18.3 Å². The van der Waals surface area contributed by atoms with Gasteiger partial charge in [0.2, 0.25) is 0 Å². The summed E-state index contributed by atoms with van der Waals surface area (Å²) in [6.07, 6.45) is 2.21. The molecule has 4 nitrogen and oxygen atoms in total. The van der Waals surface area contributed by atoms with Crippen LogP contribution in [-0.2, 0) is 0 Å². The first kappa shape index (κ1) is 13.8. The molecule has 1 aliphatic heterocycles. The van der Waals surface area contributed by atoms with Gasteiger partial charge >= 0.3 is 0 Å². The monoisotopic (exact) mass is 271 g/mol. The molecule has 1 aromatic rings. The Morgan fingerprint density at radius 2 is 2.30 bits per heavy atom. The van der Waals surface area contributed by atoms with Crippen LogP contribution in [0.1, 0.15) is 18.9 Å². The molecule has 1 aliphatic rings. The van der Waals surface area contributed by atoms with Gasteiger partial charge < -0.3 is 10.9 Å². The number of allylic oxidation sites excluding steroid dienone is 2. The number of oxime groups is 1. The van der Waals surface area contributed by atoms with E-state index in [0.29, 0.717) is 17.7 Å². The van der Waals surface area contributed by atoms with Gasteiger partial charge in [0.25, 0.3) is 0 Å². The van der Waals surface area contributed by atoms with Gasteiger partial charge in [-0.05, 0) is 43.0 Å². The molecule has 0 amide bonds. The molecule has 0 radical (unpaired) electrons. The summed E-state index contributed by atoms with van der Waals surface area (Å²) in [5.41, 5.74) is 7.73. The van der Waals surface area contributed by atoms with E-state index in [0.717, 1.165) is 5.57 Å². The van der Waals surface area contributed by atoms with Crippen LogP contribution in [0.3, 0.4) is 0 Å². The number of rotatable bonds is 1. The number of amidine groups is 1. The summed E-state index contributed by atoms with van der Waals surface area (Å²) >= 11 is 0. The summed E-state index contributed by atoms with van der Waals surface area (Å²) < 4.78 is 13.0. The Bertz CT molecular complexity index is 665. The van der Waals surface area contributed by atoms with E-state index in [4.69, 9.17) is 10.9 Å². The lowest BCUT2D eigenvalue weighted by Crippen LogP contribution is -2.26. The quantitative estimate of drug-likeness (QED) is 0.270. The van der Waals surface area contributed by atoms with Crippen LogP contribution < -0.4 is 5.73 Å². The van der Waals surface area contributed by atoms with Crippen LogP contribution in [0.25, 0.3) is 0 Å². The van der Waals surface area contributed by atoms with Crippen molar-refractivity contribution in [3.8, 4) is 11.8 Å². The molecule has 0 aliphatic carbocycles. The van der Waals surface area contributed by atoms with Crippen molar-refractivity contribution in [2.24, 2.45) is 21.8 Å². The van der Waals surface area contributed by atoms with Crippen LogP contribution in [0.4, 0.5) is 4.39 Å². The highest BCUT2D eigenvalue weighted by molar-refractivity contribution is 5.97. The number of hydrogen-bond acceptors (Lipinski definition) is 3. The number of hydrogen-bond donors (Lipinski definition) is 2. The second-order valence-corrected chi connectivity index (χ2v) is 4.50. The van der Waals surface area contributed by atoms with Crippen LogP contribution in [0.2, 0.25) is 0 Å². The van der Waals surface area contributed by atoms with Crippen LogP contribution in [0.15, 0.2) is 45.7 Å². The molecule has 0 aromatic heterocycles. The highest BCUT2D eigenvalue weighted by atomic mass is 19.1. The Morgan fingerprint density at radius 1 is 1.50 bits per heavy atom. The van der Waals surface area contributed by atoms with E-state index in [1.807, 2.05) is 6.92 Å². The lowest BCUT2D eigenvalue weighted by molar-refractivity contribution is 0.315. The molecule has 1 unspecified atom stereocenters. The fourth-order valence-electron chi connectivity index (χ4n) is 1.85. The third kappa shape index (κ3) is 3.23. The minimum absolute atomic E-state index is 0.130. The van der Waals surface area contributed by atoms with E-state index < -0.39 is 0 Å². The summed E-state index contributed by atoms with van der Waals surface area (Å²) in [6, 6.07) is 6.08. The Labute approximate surface area is 116 Å². The van der Waals surface area contributed by atoms with Gasteiger partial charge in [-0.15, -0.1) is 0 Å². The minimum Gasteiger partial charge on any atom is -0.409 e. The summed E-state index contributed by atoms with van der Waals surface area (Å²) in [5.74, 6) is 5.39. The number of halogens is 1. The first-order valence-electron chi connectivity index (χ1n) is 6.09. The van der Waals surface area contributed by atoms with Gasteiger partial charge in [0.05, 0.1) is 5.92 Å². The van der Waals surface area contributed by atoms with Crippen LogP contribution in [0, 0.1) is 23.6 Å². The van der Waals surface area contributed by atoms with Crippen molar-refractivity contribution in [2.45, 2.75) is 13.3 Å². The van der Waals surface area contributed by atoms with Crippen LogP contribution >= 0.6 is 0 Å². The van der Waals surface area contributed by atoms with Crippen molar-refractivity contribution in [2.75, 3.05) is 0 Å². The second kappa shape index (κ2) is 6.02. The van der Waals surface area contributed by atoms with Gasteiger partial charge in [-0.25, -0.2) is 4.39 Å². The lowest BCUT2D eigenvalue weighted by atomic mass is 9.96. The molecular weight excluding hydrogens is 257 g/mol. The lowest BCUT2D eigenvalue weighted by Gasteiger charge is -2.15. The van der Waals surface area contributed by atoms with E-state index in [-0.39, 0.29) is 17.6 Å². The van der Waals surface area contributed by atoms with E-state index in [2.05, 4.69) is 22.0 Å². The Morgan fingerprint density at radius 3 is 2.95 bits per heavy atom. The maximum absolute atomic E-state index is 13.0. The Kier molecular flexibility index (Phi) is 4.16. The maximum atomic E-state index is 13.0. The van der Waals surface area contributed by atoms with Crippen molar-refractivity contribution >= 4 is 12.1 Å². The van der Waals surface area contributed by atoms with Gasteiger partial charge in [0, 0.05) is 11.8 Å². The number of benzene rings is 1.